The van der Waals surface area contributed by atoms with Gasteiger partial charge in [0.2, 0.25) is 5.91 Å². The molecule has 17 heavy (non-hydrogen) atoms. The van der Waals surface area contributed by atoms with E-state index in [4.69, 9.17) is 5.53 Å². The number of likely N-dealkylation sites (tertiary alicyclic amines) is 1. The lowest BCUT2D eigenvalue weighted by molar-refractivity contribution is -0.129. The highest BCUT2D eigenvalue weighted by Gasteiger charge is 2.34. The standard InChI is InChI=1S/C9H12N6O2/c10-13-12-3-9(17)15-4-7(8(16)5-15)14-2-1-11-6-14/h1-2,6-8,16H,3-5H2/t7-,8+/m0/s1. The van der Waals surface area contributed by atoms with Crippen LogP contribution in [0.25, 0.3) is 10.4 Å². The molecule has 1 N–H and O–H groups in total. The summed E-state index contributed by atoms with van der Waals surface area (Å²) >= 11 is 0. The van der Waals surface area contributed by atoms with Crippen molar-refractivity contribution in [2.45, 2.75) is 12.1 Å². The maximum absolute atomic E-state index is 11.6. The van der Waals surface area contributed by atoms with Gasteiger partial charge in [0.1, 0.15) is 6.54 Å². The molecule has 1 aromatic rings. The number of imidazole rings is 1. The second-order valence-corrected chi connectivity index (χ2v) is 3.83. The van der Waals surface area contributed by atoms with Crippen molar-refractivity contribution in [1.82, 2.24) is 14.5 Å². The summed E-state index contributed by atoms with van der Waals surface area (Å²) in [6.07, 6.45) is 4.35. The van der Waals surface area contributed by atoms with Crippen LogP contribution in [0, 0.1) is 0 Å². The van der Waals surface area contributed by atoms with Crippen molar-refractivity contribution >= 4 is 5.91 Å². The fourth-order valence-electron chi connectivity index (χ4n) is 1.92. The molecule has 0 unspecified atom stereocenters. The number of amides is 1. The Morgan fingerprint density at radius 3 is 3.12 bits per heavy atom. The Bertz CT molecular complexity index is 438. The number of β-amino-alcohol motifs (C(OH)–C–C–N with tert-alkyl or cyclic N) is 1. The summed E-state index contributed by atoms with van der Waals surface area (Å²) in [7, 11) is 0. The maximum atomic E-state index is 11.6. The summed E-state index contributed by atoms with van der Waals surface area (Å²) in [5.74, 6) is -0.274. The predicted octanol–water partition coefficient (Wildman–Crippen LogP) is -0.0624. The SMILES string of the molecule is [N-]=[N+]=NCC(=O)N1C[C@@H](O)[C@@H](n2ccnc2)C1. The van der Waals surface area contributed by atoms with Crippen LogP contribution in [0.2, 0.25) is 0 Å². The minimum atomic E-state index is -0.626. The van der Waals surface area contributed by atoms with Crippen molar-refractivity contribution in [2.75, 3.05) is 19.6 Å². The molecule has 0 saturated carbocycles. The first-order valence-electron chi connectivity index (χ1n) is 5.16. The Morgan fingerprint density at radius 1 is 1.65 bits per heavy atom. The van der Waals surface area contributed by atoms with Crippen LogP contribution >= 0.6 is 0 Å². The number of rotatable bonds is 3. The minimum absolute atomic E-state index is 0.187. The number of aromatic nitrogens is 2. The minimum Gasteiger partial charge on any atom is -0.389 e. The molecule has 1 aliphatic heterocycles. The highest BCUT2D eigenvalue weighted by Crippen LogP contribution is 2.21. The van der Waals surface area contributed by atoms with E-state index in [2.05, 4.69) is 15.0 Å². The largest absolute Gasteiger partial charge is 0.389 e. The Balaban J connectivity index is 2.02. The number of aliphatic hydroxyl groups is 1. The molecule has 8 heteroatoms. The van der Waals surface area contributed by atoms with Crippen LogP contribution in [-0.4, -0.2) is 51.2 Å². The van der Waals surface area contributed by atoms with Crippen molar-refractivity contribution in [3.8, 4) is 0 Å². The molecule has 1 aliphatic rings. The fourth-order valence-corrected chi connectivity index (χ4v) is 1.92. The van der Waals surface area contributed by atoms with Gasteiger partial charge in [-0.25, -0.2) is 4.98 Å². The predicted molar refractivity (Wildman–Crippen MR) is 57.9 cm³/mol. The van der Waals surface area contributed by atoms with Gasteiger partial charge in [-0.1, -0.05) is 5.11 Å². The van der Waals surface area contributed by atoms with Gasteiger partial charge in [0.15, 0.2) is 0 Å². The molecule has 2 rings (SSSR count). The first-order valence-corrected chi connectivity index (χ1v) is 5.16. The number of aliphatic hydroxyl groups excluding tert-OH is 1. The highest BCUT2D eigenvalue weighted by molar-refractivity contribution is 5.78. The smallest absolute Gasteiger partial charge is 0.228 e. The molecule has 1 amide bonds. The summed E-state index contributed by atoms with van der Waals surface area (Å²) in [5.41, 5.74) is 8.14. The van der Waals surface area contributed by atoms with E-state index in [-0.39, 0.29) is 25.0 Å². The average molecular weight is 236 g/mol. The number of hydrogen-bond donors (Lipinski definition) is 1. The summed E-state index contributed by atoms with van der Waals surface area (Å²) < 4.78 is 1.77. The van der Waals surface area contributed by atoms with Gasteiger partial charge in [0, 0.05) is 30.4 Å². The Kier molecular flexibility index (Phi) is 3.27. The zero-order valence-electron chi connectivity index (χ0n) is 9.05. The van der Waals surface area contributed by atoms with Crippen LogP contribution in [-0.2, 0) is 4.79 Å². The molecule has 0 spiro atoms. The number of carbonyl (C=O) groups is 1. The molecule has 0 aromatic carbocycles. The third kappa shape index (κ3) is 2.38. The summed E-state index contributed by atoms with van der Waals surface area (Å²) in [4.78, 5) is 19.5. The van der Waals surface area contributed by atoms with Crippen molar-refractivity contribution in [3.05, 3.63) is 29.2 Å². The van der Waals surface area contributed by atoms with Gasteiger partial charge >= 0.3 is 0 Å². The fraction of sp³-hybridized carbons (Fsp3) is 0.556. The lowest BCUT2D eigenvalue weighted by Gasteiger charge is -2.15. The van der Waals surface area contributed by atoms with E-state index in [9.17, 15) is 9.90 Å². The lowest BCUT2D eigenvalue weighted by Crippen LogP contribution is -2.31. The second kappa shape index (κ2) is 4.86. The topological polar surface area (TPSA) is 107 Å². The normalized spacial score (nSPS) is 23.5. The Hall–Kier alpha value is -2.05. The van der Waals surface area contributed by atoms with Crippen LogP contribution in [0.5, 0.6) is 0 Å². The van der Waals surface area contributed by atoms with Crippen LogP contribution in [0.15, 0.2) is 23.8 Å². The molecule has 90 valence electrons. The first kappa shape index (κ1) is 11.4. The van der Waals surface area contributed by atoms with E-state index in [0.29, 0.717) is 6.54 Å². The van der Waals surface area contributed by atoms with Gasteiger partial charge in [-0.15, -0.1) is 0 Å². The van der Waals surface area contributed by atoms with E-state index in [1.807, 2.05) is 0 Å². The third-order valence-corrected chi connectivity index (χ3v) is 2.79. The molecular weight excluding hydrogens is 224 g/mol. The molecular formula is C9H12N6O2. The van der Waals surface area contributed by atoms with E-state index >= 15 is 0 Å². The van der Waals surface area contributed by atoms with E-state index < -0.39 is 6.10 Å². The molecule has 1 fully saturated rings. The molecule has 0 bridgehead atoms. The third-order valence-electron chi connectivity index (χ3n) is 2.79. The van der Waals surface area contributed by atoms with Gasteiger partial charge in [-0.05, 0) is 5.53 Å². The molecule has 1 aromatic heterocycles. The monoisotopic (exact) mass is 236 g/mol. The number of carbonyl (C=O) groups excluding carboxylic acids is 1. The van der Waals surface area contributed by atoms with E-state index in [1.54, 1.807) is 23.3 Å². The second-order valence-electron chi connectivity index (χ2n) is 3.83. The molecule has 0 aliphatic carbocycles. The molecule has 0 radical (unpaired) electrons. The van der Waals surface area contributed by atoms with Crippen molar-refractivity contribution in [2.24, 2.45) is 5.11 Å². The highest BCUT2D eigenvalue weighted by atomic mass is 16.3. The van der Waals surface area contributed by atoms with Crippen LogP contribution in [0.1, 0.15) is 6.04 Å². The zero-order chi connectivity index (χ0) is 12.3. The van der Waals surface area contributed by atoms with Crippen molar-refractivity contribution in [3.63, 3.8) is 0 Å². The zero-order valence-corrected chi connectivity index (χ0v) is 9.05. The molecule has 1 saturated heterocycles. The maximum Gasteiger partial charge on any atom is 0.228 e. The summed E-state index contributed by atoms with van der Waals surface area (Å²) in [6, 6.07) is -0.187. The van der Waals surface area contributed by atoms with Gasteiger partial charge in [0.05, 0.1) is 18.5 Å². The molecule has 8 nitrogen and oxygen atoms in total. The van der Waals surface area contributed by atoms with Crippen molar-refractivity contribution < 1.29 is 9.90 Å². The Labute approximate surface area is 97.1 Å². The first-order chi connectivity index (χ1) is 8.22. The number of nitrogens with zero attached hydrogens (tertiary/aromatic N) is 6. The van der Waals surface area contributed by atoms with Crippen molar-refractivity contribution in [1.29, 1.82) is 0 Å². The van der Waals surface area contributed by atoms with Crippen LogP contribution < -0.4 is 0 Å². The quantitative estimate of drug-likeness (QED) is 0.451. The van der Waals surface area contributed by atoms with Gasteiger partial charge in [-0.2, -0.15) is 0 Å². The van der Waals surface area contributed by atoms with E-state index in [1.165, 1.54) is 4.90 Å². The van der Waals surface area contributed by atoms with Gasteiger partial charge in [0.25, 0.3) is 0 Å². The van der Waals surface area contributed by atoms with Crippen LogP contribution in [0.4, 0.5) is 0 Å². The van der Waals surface area contributed by atoms with Gasteiger partial charge < -0.3 is 14.6 Å². The van der Waals surface area contributed by atoms with Gasteiger partial charge in [-0.3, -0.25) is 4.79 Å². The number of hydrogen-bond acceptors (Lipinski definition) is 4. The lowest BCUT2D eigenvalue weighted by atomic mass is 10.2. The molecule has 2 heterocycles. The van der Waals surface area contributed by atoms with Crippen LogP contribution in [0.3, 0.4) is 0 Å². The summed E-state index contributed by atoms with van der Waals surface area (Å²) in [5, 5.41) is 13.1. The average Bonchev–Trinajstić information content (AvgIpc) is 2.94. The van der Waals surface area contributed by atoms with E-state index in [0.717, 1.165) is 0 Å². The summed E-state index contributed by atoms with van der Waals surface area (Å²) in [6.45, 7) is 0.444. The number of azide groups is 1. The Morgan fingerprint density at radius 2 is 2.47 bits per heavy atom. The molecule has 2 atom stereocenters.